The first-order valence-corrected chi connectivity index (χ1v) is 11.0. The lowest BCUT2D eigenvalue weighted by molar-refractivity contribution is -0.140. The van der Waals surface area contributed by atoms with E-state index in [1.807, 2.05) is 14.0 Å². The van der Waals surface area contributed by atoms with Crippen LogP contribution >= 0.6 is 0 Å². The number of alkyl halides is 1. The smallest absolute Gasteiger partial charge is 0.408 e. The number of carbonyl (C=O) groups is 3. The van der Waals surface area contributed by atoms with E-state index in [9.17, 15) is 23.9 Å². The second-order valence-corrected chi connectivity index (χ2v) is 10.00. The second kappa shape index (κ2) is 9.52. The van der Waals surface area contributed by atoms with Gasteiger partial charge >= 0.3 is 6.09 Å². The van der Waals surface area contributed by atoms with Crippen LogP contribution in [0.1, 0.15) is 66.7 Å². The van der Waals surface area contributed by atoms with E-state index in [-0.39, 0.29) is 36.2 Å². The molecule has 1 aliphatic carbocycles. The number of hydrogen-bond donors (Lipinski definition) is 1. The normalized spacial score (nSPS) is 26.8. The van der Waals surface area contributed by atoms with Crippen LogP contribution in [0.5, 0.6) is 0 Å². The molecule has 3 atom stereocenters. The first kappa shape index (κ1) is 24.4. The Morgan fingerprint density at radius 1 is 1.10 bits per heavy atom. The Hall–Kier alpha value is -1.86. The summed E-state index contributed by atoms with van der Waals surface area (Å²) in [6.07, 6.45) is 1.46. The number of halogens is 1. The van der Waals surface area contributed by atoms with E-state index in [1.165, 1.54) is 9.80 Å². The Morgan fingerprint density at radius 2 is 1.67 bits per heavy atom. The molecule has 2 rings (SSSR count). The van der Waals surface area contributed by atoms with Gasteiger partial charge in [0.25, 0.3) is 0 Å². The maximum Gasteiger partial charge on any atom is 0.408 e. The quantitative estimate of drug-likeness (QED) is 0.729. The summed E-state index contributed by atoms with van der Waals surface area (Å²) in [4.78, 5) is 41.8. The van der Waals surface area contributed by atoms with Crippen LogP contribution in [0.3, 0.4) is 0 Å². The molecule has 7 nitrogen and oxygen atoms in total. The van der Waals surface area contributed by atoms with Gasteiger partial charge in [0, 0.05) is 32.1 Å². The zero-order chi connectivity index (χ0) is 22.8. The third kappa shape index (κ3) is 5.43. The third-order valence-electron chi connectivity index (χ3n) is 6.93. The van der Waals surface area contributed by atoms with Gasteiger partial charge in [-0.2, -0.15) is 0 Å². The summed E-state index contributed by atoms with van der Waals surface area (Å²) in [6.45, 7) is 9.24. The van der Waals surface area contributed by atoms with Gasteiger partial charge in [-0.05, 0) is 64.7 Å². The van der Waals surface area contributed by atoms with Gasteiger partial charge in [-0.15, -0.1) is 0 Å². The van der Waals surface area contributed by atoms with Gasteiger partial charge in [-0.25, -0.2) is 9.18 Å². The molecule has 0 unspecified atom stereocenters. The fourth-order valence-corrected chi connectivity index (χ4v) is 5.03. The van der Waals surface area contributed by atoms with Crippen molar-refractivity contribution in [3.63, 3.8) is 0 Å². The monoisotopic (exact) mass is 427 g/mol. The highest BCUT2D eigenvalue weighted by atomic mass is 19.1. The maximum absolute atomic E-state index is 13.8. The van der Waals surface area contributed by atoms with E-state index < -0.39 is 23.8 Å². The Balaban J connectivity index is 2.24. The highest BCUT2D eigenvalue weighted by molar-refractivity contribution is 5.86. The van der Waals surface area contributed by atoms with Crippen molar-refractivity contribution in [2.45, 2.75) is 90.5 Å². The van der Waals surface area contributed by atoms with Crippen molar-refractivity contribution in [1.82, 2.24) is 14.7 Å². The summed E-state index contributed by atoms with van der Waals surface area (Å²) >= 11 is 0. The molecule has 0 aromatic carbocycles. The van der Waals surface area contributed by atoms with Crippen LogP contribution in [0, 0.1) is 11.8 Å². The minimum Gasteiger partial charge on any atom is -0.465 e. The lowest BCUT2D eigenvalue weighted by Gasteiger charge is -2.46. The van der Waals surface area contributed by atoms with E-state index in [1.54, 1.807) is 32.6 Å². The van der Waals surface area contributed by atoms with Crippen molar-refractivity contribution < 1.29 is 23.9 Å². The second-order valence-electron chi connectivity index (χ2n) is 10.00. The molecule has 0 aromatic heterocycles. The lowest BCUT2D eigenvalue weighted by Crippen LogP contribution is -2.60. The Kier molecular flexibility index (Phi) is 7.74. The van der Waals surface area contributed by atoms with E-state index >= 15 is 0 Å². The van der Waals surface area contributed by atoms with Crippen LogP contribution in [0.15, 0.2) is 0 Å². The molecular formula is C22H38FN3O4. The van der Waals surface area contributed by atoms with Crippen LogP contribution in [0.2, 0.25) is 0 Å². The van der Waals surface area contributed by atoms with Gasteiger partial charge in [0.05, 0.1) is 6.54 Å². The average molecular weight is 428 g/mol. The maximum atomic E-state index is 13.8. The molecule has 1 aliphatic heterocycles. The predicted octanol–water partition coefficient (Wildman–Crippen LogP) is 3.38. The van der Waals surface area contributed by atoms with Crippen molar-refractivity contribution in [2.24, 2.45) is 11.8 Å². The molecule has 0 spiro atoms. The first-order chi connectivity index (χ1) is 13.8. The van der Waals surface area contributed by atoms with Crippen molar-refractivity contribution >= 4 is 17.9 Å². The Bertz CT molecular complexity index is 643. The number of hydrogen-bond acceptors (Lipinski definition) is 3. The highest BCUT2D eigenvalue weighted by Gasteiger charge is 2.46. The molecule has 0 bridgehead atoms. The molecule has 30 heavy (non-hydrogen) atoms. The van der Waals surface area contributed by atoms with Crippen LogP contribution in [-0.4, -0.2) is 81.6 Å². The summed E-state index contributed by atoms with van der Waals surface area (Å²) in [5.41, 5.74) is -0.763. The number of likely N-dealkylation sites (tertiary alicyclic amines) is 1. The minimum atomic E-state index is -1.13. The molecule has 3 amide bonds. The summed E-state index contributed by atoms with van der Waals surface area (Å²) in [7, 11) is 1.82. The molecule has 2 fully saturated rings. The van der Waals surface area contributed by atoms with Gasteiger partial charge < -0.3 is 14.9 Å². The zero-order valence-corrected chi connectivity index (χ0v) is 19.2. The van der Waals surface area contributed by atoms with Gasteiger partial charge in [0.15, 0.2) is 0 Å². The van der Waals surface area contributed by atoms with Gasteiger partial charge in [0.2, 0.25) is 11.8 Å². The fourth-order valence-electron chi connectivity index (χ4n) is 5.03. The number of amides is 3. The van der Waals surface area contributed by atoms with Crippen LogP contribution in [0.4, 0.5) is 9.18 Å². The summed E-state index contributed by atoms with van der Waals surface area (Å²) in [5, 5.41) is 9.98. The van der Waals surface area contributed by atoms with Gasteiger partial charge in [0.1, 0.15) is 12.2 Å². The Morgan fingerprint density at radius 3 is 2.07 bits per heavy atom. The number of carboxylic acid groups (broad SMARTS) is 1. The molecular weight excluding hydrogens is 389 g/mol. The van der Waals surface area contributed by atoms with Crippen LogP contribution < -0.4 is 0 Å². The summed E-state index contributed by atoms with van der Waals surface area (Å²) in [5.74, 6) is -0.277. The van der Waals surface area contributed by atoms with E-state index in [0.717, 1.165) is 25.7 Å². The Labute approximate surface area is 179 Å². The van der Waals surface area contributed by atoms with E-state index in [2.05, 4.69) is 0 Å². The number of carbonyl (C=O) groups excluding carboxylic acids is 2. The van der Waals surface area contributed by atoms with Crippen molar-refractivity contribution in [1.29, 1.82) is 0 Å². The topological polar surface area (TPSA) is 81.2 Å². The van der Waals surface area contributed by atoms with Crippen molar-refractivity contribution in [3.8, 4) is 0 Å². The lowest BCUT2D eigenvalue weighted by atomic mass is 9.74. The van der Waals surface area contributed by atoms with Crippen molar-refractivity contribution in [2.75, 3.05) is 20.1 Å². The molecule has 1 heterocycles. The molecule has 1 saturated heterocycles. The van der Waals surface area contributed by atoms with Crippen LogP contribution in [-0.2, 0) is 9.59 Å². The molecule has 172 valence electrons. The van der Waals surface area contributed by atoms with Crippen LogP contribution in [0.25, 0.3) is 0 Å². The van der Waals surface area contributed by atoms with Gasteiger partial charge in [-0.3, -0.25) is 14.5 Å². The van der Waals surface area contributed by atoms with Gasteiger partial charge in [-0.1, -0.05) is 6.92 Å². The molecule has 0 aromatic rings. The van der Waals surface area contributed by atoms with E-state index in [4.69, 9.17) is 0 Å². The molecule has 2 aliphatic rings. The summed E-state index contributed by atoms with van der Waals surface area (Å²) < 4.78 is 13.8. The molecule has 1 N–H and O–H groups in total. The number of nitrogens with zero attached hydrogens (tertiary/aromatic N) is 3. The molecule has 8 heteroatoms. The number of rotatable bonds is 5. The SMILES string of the molecule is CC(=O)N(C)C1CCC([C@H](C)[C@@H](C(=O)N2CC[C@H](F)C2)N(C(=O)O)C(C)(C)C)CC1. The average Bonchev–Trinajstić information content (AvgIpc) is 3.09. The standard InChI is InChI=1S/C22H38FN3O4/c1-14(16-7-9-18(10-8-16)24(6)15(2)27)19(26(21(29)30)22(3,4)5)20(28)25-12-11-17(23)13-25/h14,16-19H,7-13H2,1-6H3,(H,29,30)/t14-,16?,17-,18?,19-/m0/s1. The predicted molar refractivity (Wildman–Crippen MR) is 113 cm³/mol. The summed E-state index contributed by atoms with van der Waals surface area (Å²) in [6, 6.07) is -0.663. The zero-order valence-electron chi connectivity index (χ0n) is 19.2. The van der Waals surface area contributed by atoms with Crippen molar-refractivity contribution in [3.05, 3.63) is 0 Å². The molecule has 1 saturated carbocycles. The highest BCUT2D eigenvalue weighted by Crippen LogP contribution is 2.37. The fraction of sp³-hybridized carbons (Fsp3) is 0.864. The molecule has 0 radical (unpaired) electrons. The first-order valence-electron chi connectivity index (χ1n) is 11.0. The minimum absolute atomic E-state index is 0.0375. The van der Waals surface area contributed by atoms with E-state index in [0.29, 0.717) is 13.0 Å². The third-order valence-corrected chi connectivity index (χ3v) is 6.93. The largest absolute Gasteiger partial charge is 0.465 e.